The fourth-order valence-corrected chi connectivity index (χ4v) is 2.86. The molecule has 5 heteroatoms. The van der Waals surface area contributed by atoms with Crippen LogP contribution in [0, 0.1) is 26.7 Å². The van der Waals surface area contributed by atoms with E-state index in [0.29, 0.717) is 12.4 Å². The summed E-state index contributed by atoms with van der Waals surface area (Å²) < 4.78 is 0. The molecular weight excluding hydrogens is 302 g/mol. The molecule has 0 radical (unpaired) electrons. The van der Waals surface area contributed by atoms with E-state index in [1.165, 1.54) is 5.56 Å². The van der Waals surface area contributed by atoms with E-state index in [1.54, 1.807) is 11.1 Å². The SMILES string of the molecule is Cc1ccc(N2CC(C(=O)Nc3ncccc3C)CC2=O)cc1C. The van der Waals surface area contributed by atoms with E-state index in [4.69, 9.17) is 0 Å². The number of amides is 2. The monoisotopic (exact) mass is 323 g/mol. The molecule has 124 valence electrons. The zero-order chi connectivity index (χ0) is 17.3. The van der Waals surface area contributed by atoms with Gasteiger partial charge in [-0.3, -0.25) is 9.59 Å². The molecule has 3 rings (SSSR count). The summed E-state index contributed by atoms with van der Waals surface area (Å²) >= 11 is 0. The number of nitrogens with one attached hydrogen (secondary N) is 1. The number of pyridine rings is 1. The van der Waals surface area contributed by atoms with Gasteiger partial charge < -0.3 is 10.2 Å². The van der Waals surface area contributed by atoms with E-state index in [1.807, 2.05) is 51.1 Å². The molecule has 1 atom stereocenters. The Bertz CT molecular complexity index is 801. The minimum Gasteiger partial charge on any atom is -0.312 e. The molecule has 1 aliphatic rings. The van der Waals surface area contributed by atoms with Crippen LogP contribution in [-0.4, -0.2) is 23.3 Å². The van der Waals surface area contributed by atoms with Crippen LogP contribution in [0.25, 0.3) is 0 Å². The second kappa shape index (κ2) is 6.43. The molecular formula is C19H21N3O2. The third kappa shape index (κ3) is 3.15. The number of anilines is 2. The lowest BCUT2D eigenvalue weighted by molar-refractivity contribution is -0.122. The molecule has 1 unspecified atom stereocenters. The summed E-state index contributed by atoms with van der Waals surface area (Å²) in [6, 6.07) is 9.65. The number of aryl methyl sites for hydroxylation is 3. The lowest BCUT2D eigenvalue weighted by Gasteiger charge is -2.18. The van der Waals surface area contributed by atoms with Crippen LogP contribution in [0.15, 0.2) is 36.5 Å². The number of aromatic nitrogens is 1. The molecule has 2 heterocycles. The first-order valence-electron chi connectivity index (χ1n) is 8.06. The number of carbonyl (C=O) groups is 2. The highest BCUT2D eigenvalue weighted by Crippen LogP contribution is 2.27. The Morgan fingerprint density at radius 2 is 1.96 bits per heavy atom. The highest BCUT2D eigenvalue weighted by atomic mass is 16.2. The summed E-state index contributed by atoms with van der Waals surface area (Å²) in [7, 11) is 0. The molecule has 1 aromatic carbocycles. The van der Waals surface area contributed by atoms with Crippen LogP contribution in [0.4, 0.5) is 11.5 Å². The van der Waals surface area contributed by atoms with Gasteiger partial charge in [0.25, 0.3) is 0 Å². The van der Waals surface area contributed by atoms with E-state index >= 15 is 0 Å². The van der Waals surface area contributed by atoms with Crippen LogP contribution in [-0.2, 0) is 9.59 Å². The maximum Gasteiger partial charge on any atom is 0.230 e. The number of nitrogens with zero attached hydrogens (tertiary/aromatic N) is 2. The van der Waals surface area contributed by atoms with E-state index in [2.05, 4.69) is 10.3 Å². The first kappa shape index (κ1) is 16.2. The zero-order valence-corrected chi connectivity index (χ0v) is 14.2. The van der Waals surface area contributed by atoms with Gasteiger partial charge >= 0.3 is 0 Å². The van der Waals surface area contributed by atoms with Crippen LogP contribution < -0.4 is 10.2 Å². The molecule has 24 heavy (non-hydrogen) atoms. The molecule has 1 fully saturated rings. The second-order valence-electron chi connectivity index (χ2n) is 6.33. The molecule has 1 N–H and O–H groups in total. The molecule has 0 bridgehead atoms. The second-order valence-corrected chi connectivity index (χ2v) is 6.33. The van der Waals surface area contributed by atoms with Crippen molar-refractivity contribution in [2.45, 2.75) is 27.2 Å². The Balaban J connectivity index is 1.73. The first-order valence-corrected chi connectivity index (χ1v) is 8.06. The van der Waals surface area contributed by atoms with Crippen molar-refractivity contribution in [3.63, 3.8) is 0 Å². The van der Waals surface area contributed by atoms with Gasteiger partial charge in [-0.15, -0.1) is 0 Å². The molecule has 1 aliphatic heterocycles. The van der Waals surface area contributed by atoms with Crippen molar-refractivity contribution in [2.24, 2.45) is 5.92 Å². The Labute approximate surface area is 141 Å². The number of rotatable bonds is 3. The van der Waals surface area contributed by atoms with Gasteiger partial charge in [0.1, 0.15) is 5.82 Å². The molecule has 0 aliphatic carbocycles. The van der Waals surface area contributed by atoms with Crippen molar-refractivity contribution in [3.8, 4) is 0 Å². The van der Waals surface area contributed by atoms with Gasteiger partial charge in [-0.1, -0.05) is 12.1 Å². The predicted octanol–water partition coefficient (Wildman–Crippen LogP) is 3.00. The van der Waals surface area contributed by atoms with Gasteiger partial charge in [0.15, 0.2) is 0 Å². The topological polar surface area (TPSA) is 62.3 Å². The molecule has 2 aromatic rings. The van der Waals surface area contributed by atoms with Crippen molar-refractivity contribution in [1.29, 1.82) is 0 Å². The molecule has 5 nitrogen and oxygen atoms in total. The number of carbonyl (C=O) groups excluding carboxylic acids is 2. The summed E-state index contributed by atoms with van der Waals surface area (Å²) in [6.45, 7) is 6.35. The first-order chi connectivity index (χ1) is 11.5. The number of hydrogen-bond acceptors (Lipinski definition) is 3. The third-order valence-electron chi connectivity index (χ3n) is 4.55. The summed E-state index contributed by atoms with van der Waals surface area (Å²) in [6.07, 6.45) is 1.87. The average molecular weight is 323 g/mol. The maximum atomic E-state index is 12.5. The Morgan fingerprint density at radius 1 is 1.17 bits per heavy atom. The highest BCUT2D eigenvalue weighted by molar-refractivity contribution is 6.03. The zero-order valence-electron chi connectivity index (χ0n) is 14.2. The predicted molar refractivity (Wildman–Crippen MR) is 94.0 cm³/mol. The Hall–Kier alpha value is -2.69. The van der Waals surface area contributed by atoms with Crippen molar-refractivity contribution < 1.29 is 9.59 Å². The van der Waals surface area contributed by atoms with Gasteiger partial charge in [0, 0.05) is 24.8 Å². The smallest absolute Gasteiger partial charge is 0.230 e. The molecule has 0 spiro atoms. The van der Waals surface area contributed by atoms with Gasteiger partial charge in [0.2, 0.25) is 11.8 Å². The van der Waals surface area contributed by atoms with Crippen LogP contribution in [0.3, 0.4) is 0 Å². The van der Waals surface area contributed by atoms with E-state index in [-0.39, 0.29) is 24.2 Å². The van der Waals surface area contributed by atoms with Crippen molar-refractivity contribution in [1.82, 2.24) is 4.98 Å². The van der Waals surface area contributed by atoms with E-state index < -0.39 is 0 Å². The summed E-state index contributed by atoms with van der Waals surface area (Å²) in [5.41, 5.74) is 4.08. The molecule has 1 saturated heterocycles. The maximum absolute atomic E-state index is 12.5. The van der Waals surface area contributed by atoms with Gasteiger partial charge in [-0.2, -0.15) is 0 Å². The van der Waals surface area contributed by atoms with Crippen LogP contribution in [0.5, 0.6) is 0 Å². The van der Waals surface area contributed by atoms with Crippen LogP contribution in [0.1, 0.15) is 23.1 Å². The van der Waals surface area contributed by atoms with Crippen molar-refractivity contribution >= 4 is 23.3 Å². The van der Waals surface area contributed by atoms with Gasteiger partial charge in [-0.05, 0) is 55.7 Å². The quantitative estimate of drug-likeness (QED) is 0.944. The van der Waals surface area contributed by atoms with Crippen LogP contribution in [0.2, 0.25) is 0 Å². The average Bonchev–Trinajstić information content (AvgIpc) is 2.94. The Kier molecular flexibility index (Phi) is 4.34. The standard InChI is InChI=1S/C19H21N3O2/c1-12-6-7-16(9-14(12)3)22-11-15(10-17(22)23)19(24)21-18-13(2)5-4-8-20-18/h4-9,15H,10-11H2,1-3H3,(H,20,21,24). The third-order valence-corrected chi connectivity index (χ3v) is 4.55. The number of benzene rings is 1. The number of hydrogen-bond donors (Lipinski definition) is 1. The van der Waals surface area contributed by atoms with Crippen molar-refractivity contribution in [2.75, 3.05) is 16.8 Å². The fraction of sp³-hybridized carbons (Fsp3) is 0.316. The molecule has 0 saturated carbocycles. The summed E-state index contributed by atoms with van der Waals surface area (Å²) in [4.78, 5) is 30.7. The lowest BCUT2D eigenvalue weighted by Crippen LogP contribution is -2.28. The Morgan fingerprint density at radius 3 is 2.67 bits per heavy atom. The van der Waals surface area contributed by atoms with E-state index in [9.17, 15) is 9.59 Å². The fourth-order valence-electron chi connectivity index (χ4n) is 2.86. The minimum atomic E-state index is -0.361. The van der Waals surface area contributed by atoms with Crippen molar-refractivity contribution in [3.05, 3.63) is 53.2 Å². The summed E-state index contributed by atoms with van der Waals surface area (Å²) in [5, 5.41) is 2.84. The summed E-state index contributed by atoms with van der Waals surface area (Å²) in [5.74, 6) is 0.0210. The molecule has 1 aromatic heterocycles. The minimum absolute atomic E-state index is 0.0175. The van der Waals surface area contributed by atoms with Gasteiger partial charge in [-0.25, -0.2) is 4.98 Å². The van der Waals surface area contributed by atoms with Gasteiger partial charge in [0.05, 0.1) is 5.92 Å². The largest absolute Gasteiger partial charge is 0.312 e. The molecule has 2 amide bonds. The highest BCUT2D eigenvalue weighted by Gasteiger charge is 2.35. The van der Waals surface area contributed by atoms with E-state index in [0.717, 1.165) is 16.8 Å². The van der Waals surface area contributed by atoms with Crippen LogP contribution >= 0.6 is 0 Å². The normalized spacial score (nSPS) is 17.2. The lowest BCUT2D eigenvalue weighted by atomic mass is 10.1.